The number of aryl methyl sites for hydroxylation is 1. The molecule has 0 bridgehead atoms. The molecule has 0 saturated carbocycles. The van der Waals surface area contributed by atoms with Gasteiger partial charge in [-0.25, -0.2) is 0 Å². The molecule has 1 aromatic rings. The molecule has 0 N–H and O–H groups in total. The molecule has 0 aromatic heterocycles. The first-order chi connectivity index (χ1) is 8.22. The lowest BCUT2D eigenvalue weighted by Gasteiger charge is -2.12. The van der Waals surface area contributed by atoms with Crippen molar-refractivity contribution in [3.63, 3.8) is 0 Å². The van der Waals surface area contributed by atoms with Crippen LogP contribution in [-0.4, -0.2) is 12.4 Å². The van der Waals surface area contributed by atoms with Crippen LogP contribution < -0.4 is 4.74 Å². The summed E-state index contributed by atoms with van der Waals surface area (Å²) in [6.07, 6.45) is 4.47. The standard InChI is InChI=1S/C14H17ClO2/c1-2-5-13(16)12-9-11(15)8-10-6-3-4-7-17-14(10)12/h8-9H,2-7H2,1H3. The monoisotopic (exact) mass is 252 g/mol. The largest absolute Gasteiger partial charge is 0.493 e. The molecule has 2 rings (SSSR count). The molecule has 0 aliphatic carbocycles. The van der Waals surface area contributed by atoms with E-state index in [0.29, 0.717) is 23.6 Å². The topological polar surface area (TPSA) is 26.3 Å². The van der Waals surface area contributed by atoms with Crippen molar-refractivity contribution in [1.29, 1.82) is 0 Å². The van der Waals surface area contributed by atoms with Gasteiger partial charge in [-0.05, 0) is 43.4 Å². The quantitative estimate of drug-likeness (QED) is 0.759. The van der Waals surface area contributed by atoms with Crippen LogP contribution in [0.3, 0.4) is 0 Å². The van der Waals surface area contributed by atoms with Gasteiger partial charge in [0.2, 0.25) is 0 Å². The summed E-state index contributed by atoms with van der Waals surface area (Å²) in [7, 11) is 0. The molecule has 3 heteroatoms. The molecule has 0 radical (unpaired) electrons. The Hall–Kier alpha value is -1.02. The van der Waals surface area contributed by atoms with Crippen molar-refractivity contribution in [1.82, 2.24) is 0 Å². The number of rotatable bonds is 3. The SMILES string of the molecule is CCCC(=O)c1cc(Cl)cc2c1OCCCC2. The van der Waals surface area contributed by atoms with Crippen molar-refractivity contribution >= 4 is 17.4 Å². The van der Waals surface area contributed by atoms with Gasteiger partial charge in [0.15, 0.2) is 5.78 Å². The highest BCUT2D eigenvalue weighted by Gasteiger charge is 2.19. The van der Waals surface area contributed by atoms with Crippen LogP contribution in [-0.2, 0) is 6.42 Å². The number of fused-ring (bicyclic) bond motifs is 1. The van der Waals surface area contributed by atoms with Gasteiger partial charge in [-0.2, -0.15) is 0 Å². The maximum atomic E-state index is 12.0. The molecule has 1 aromatic carbocycles. The van der Waals surface area contributed by atoms with E-state index in [-0.39, 0.29) is 5.78 Å². The first-order valence-electron chi connectivity index (χ1n) is 6.20. The third kappa shape index (κ3) is 2.81. The van der Waals surface area contributed by atoms with Gasteiger partial charge < -0.3 is 4.74 Å². The summed E-state index contributed by atoms with van der Waals surface area (Å²) in [5, 5.41) is 0.633. The molecular formula is C14H17ClO2. The van der Waals surface area contributed by atoms with Gasteiger partial charge in [0, 0.05) is 11.4 Å². The van der Waals surface area contributed by atoms with Crippen molar-refractivity contribution in [2.45, 2.75) is 39.0 Å². The summed E-state index contributed by atoms with van der Waals surface area (Å²) >= 11 is 6.07. The van der Waals surface area contributed by atoms with Crippen molar-refractivity contribution in [2.24, 2.45) is 0 Å². The van der Waals surface area contributed by atoms with Crippen LogP contribution in [0.15, 0.2) is 12.1 Å². The third-order valence-corrected chi connectivity index (χ3v) is 3.21. The van der Waals surface area contributed by atoms with E-state index in [2.05, 4.69) is 0 Å². The summed E-state index contributed by atoms with van der Waals surface area (Å²) in [4.78, 5) is 12.0. The molecule has 0 saturated heterocycles. The van der Waals surface area contributed by atoms with Gasteiger partial charge >= 0.3 is 0 Å². The number of hydrogen-bond donors (Lipinski definition) is 0. The van der Waals surface area contributed by atoms with Crippen LogP contribution in [0.5, 0.6) is 5.75 Å². The second kappa shape index (κ2) is 5.54. The molecule has 0 amide bonds. The summed E-state index contributed by atoms with van der Waals surface area (Å²) in [6.45, 7) is 2.70. The first kappa shape index (κ1) is 12.4. The Balaban J connectivity index is 2.43. The number of carbonyl (C=O) groups excluding carboxylic acids is 1. The number of carbonyl (C=O) groups is 1. The van der Waals surface area contributed by atoms with Crippen molar-refractivity contribution in [3.8, 4) is 5.75 Å². The molecule has 92 valence electrons. The lowest BCUT2D eigenvalue weighted by molar-refractivity contribution is 0.0977. The smallest absolute Gasteiger partial charge is 0.166 e. The van der Waals surface area contributed by atoms with Crippen LogP contribution in [0.25, 0.3) is 0 Å². The fraction of sp³-hybridized carbons (Fsp3) is 0.500. The number of benzene rings is 1. The Morgan fingerprint density at radius 2 is 2.24 bits per heavy atom. The van der Waals surface area contributed by atoms with E-state index < -0.39 is 0 Å². The van der Waals surface area contributed by atoms with Gasteiger partial charge in [-0.3, -0.25) is 4.79 Å². The number of hydrogen-bond acceptors (Lipinski definition) is 2. The Morgan fingerprint density at radius 3 is 3.00 bits per heavy atom. The van der Waals surface area contributed by atoms with Crippen LogP contribution in [0.4, 0.5) is 0 Å². The zero-order chi connectivity index (χ0) is 12.3. The summed E-state index contributed by atoms with van der Waals surface area (Å²) in [6, 6.07) is 3.66. The minimum atomic E-state index is 0.133. The summed E-state index contributed by atoms with van der Waals surface area (Å²) in [5.74, 6) is 0.901. The number of ether oxygens (including phenoxy) is 1. The number of ketones is 1. The molecule has 2 nitrogen and oxygen atoms in total. The maximum Gasteiger partial charge on any atom is 0.166 e. The number of Topliss-reactive ketones (excluding diaryl/α,β-unsaturated/α-hetero) is 1. The summed E-state index contributed by atoms with van der Waals surface area (Å²) in [5.41, 5.74) is 1.74. The van der Waals surface area contributed by atoms with Crippen LogP contribution in [0, 0.1) is 0 Å². The maximum absolute atomic E-state index is 12.0. The van der Waals surface area contributed by atoms with Crippen LogP contribution in [0.2, 0.25) is 5.02 Å². The highest BCUT2D eigenvalue weighted by atomic mass is 35.5. The Morgan fingerprint density at radius 1 is 1.41 bits per heavy atom. The predicted molar refractivity (Wildman–Crippen MR) is 69.1 cm³/mol. The molecule has 0 unspecified atom stereocenters. The summed E-state index contributed by atoms with van der Waals surface area (Å²) < 4.78 is 5.72. The van der Waals surface area contributed by atoms with E-state index >= 15 is 0 Å². The Bertz CT molecular complexity index is 426. The minimum Gasteiger partial charge on any atom is -0.493 e. The third-order valence-electron chi connectivity index (χ3n) is 2.99. The molecule has 0 atom stereocenters. The molecule has 1 aliphatic heterocycles. The van der Waals surface area contributed by atoms with E-state index in [0.717, 1.165) is 37.0 Å². The number of halogens is 1. The van der Waals surface area contributed by atoms with Gasteiger partial charge in [0.1, 0.15) is 5.75 Å². The van der Waals surface area contributed by atoms with Crippen molar-refractivity contribution in [3.05, 3.63) is 28.3 Å². The fourth-order valence-electron chi connectivity index (χ4n) is 2.17. The Labute approximate surface area is 107 Å². The van der Waals surface area contributed by atoms with Crippen molar-refractivity contribution in [2.75, 3.05) is 6.61 Å². The van der Waals surface area contributed by atoms with E-state index in [9.17, 15) is 4.79 Å². The fourth-order valence-corrected chi connectivity index (χ4v) is 2.41. The van der Waals surface area contributed by atoms with Gasteiger partial charge in [-0.1, -0.05) is 18.5 Å². The molecule has 0 spiro atoms. The average molecular weight is 253 g/mol. The molecule has 1 aliphatic rings. The lowest BCUT2D eigenvalue weighted by atomic mass is 10.00. The molecule has 0 fully saturated rings. The molecule has 1 heterocycles. The normalized spacial score (nSPS) is 14.7. The van der Waals surface area contributed by atoms with E-state index in [1.54, 1.807) is 6.07 Å². The highest BCUT2D eigenvalue weighted by molar-refractivity contribution is 6.31. The average Bonchev–Trinajstić information content (AvgIpc) is 2.53. The zero-order valence-electron chi connectivity index (χ0n) is 10.1. The lowest BCUT2D eigenvalue weighted by Crippen LogP contribution is -2.05. The van der Waals surface area contributed by atoms with Crippen LogP contribution in [0.1, 0.15) is 48.5 Å². The van der Waals surface area contributed by atoms with E-state index in [1.807, 2.05) is 13.0 Å². The minimum absolute atomic E-state index is 0.133. The van der Waals surface area contributed by atoms with Crippen molar-refractivity contribution < 1.29 is 9.53 Å². The van der Waals surface area contributed by atoms with Gasteiger partial charge in [0.25, 0.3) is 0 Å². The zero-order valence-corrected chi connectivity index (χ0v) is 10.8. The molecule has 17 heavy (non-hydrogen) atoms. The highest BCUT2D eigenvalue weighted by Crippen LogP contribution is 2.32. The van der Waals surface area contributed by atoms with E-state index in [1.165, 1.54) is 0 Å². The van der Waals surface area contributed by atoms with E-state index in [4.69, 9.17) is 16.3 Å². The molecular weight excluding hydrogens is 236 g/mol. The first-order valence-corrected chi connectivity index (χ1v) is 6.58. The Kier molecular flexibility index (Phi) is 4.06. The van der Waals surface area contributed by atoms with Gasteiger partial charge in [-0.15, -0.1) is 0 Å². The van der Waals surface area contributed by atoms with Crippen LogP contribution >= 0.6 is 11.6 Å². The second-order valence-corrected chi connectivity index (χ2v) is 4.86. The second-order valence-electron chi connectivity index (χ2n) is 4.42. The van der Waals surface area contributed by atoms with Gasteiger partial charge in [0.05, 0.1) is 12.2 Å². The predicted octanol–water partition coefficient (Wildman–Crippen LogP) is 4.04.